The van der Waals surface area contributed by atoms with E-state index in [-0.39, 0.29) is 6.61 Å². The summed E-state index contributed by atoms with van der Waals surface area (Å²) in [6, 6.07) is 0. The van der Waals surface area contributed by atoms with E-state index in [1.807, 2.05) is 0 Å². The molecule has 0 unspecified atom stereocenters. The van der Waals surface area contributed by atoms with Gasteiger partial charge in [0.15, 0.2) is 0 Å². The summed E-state index contributed by atoms with van der Waals surface area (Å²) in [6.45, 7) is 4.62. The van der Waals surface area contributed by atoms with Gasteiger partial charge in [-0.1, -0.05) is 12.5 Å². The van der Waals surface area contributed by atoms with E-state index in [0.717, 1.165) is 19.3 Å². The third-order valence-corrected chi connectivity index (χ3v) is 3.40. The largest absolute Gasteiger partial charge is 0.338 e. The lowest BCUT2D eigenvalue weighted by atomic mass is 10.2. The van der Waals surface area contributed by atoms with Crippen molar-refractivity contribution in [1.29, 1.82) is 0 Å². The van der Waals surface area contributed by atoms with Crippen LogP contribution in [0.15, 0.2) is 12.7 Å². The Morgan fingerprint density at radius 1 is 1.31 bits per heavy atom. The topological polar surface area (TPSA) is 46.6 Å². The van der Waals surface area contributed by atoms with E-state index in [1.54, 1.807) is 0 Å². The van der Waals surface area contributed by atoms with Gasteiger partial charge in [-0.3, -0.25) is 4.18 Å². The molecule has 5 heteroatoms. The second-order valence-corrected chi connectivity index (χ2v) is 4.60. The molecule has 0 aromatic rings. The molecule has 1 aliphatic rings. The maximum Gasteiger partial charge on any atom is 0.338 e. The van der Waals surface area contributed by atoms with Crippen molar-refractivity contribution in [2.75, 3.05) is 19.7 Å². The van der Waals surface area contributed by atoms with Crippen molar-refractivity contribution in [3.05, 3.63) is 12.7 Å². The summed E-state index contributed by atoms with van der Waals surface area (Å²) >= 11 is 0. The van der Waals surface area contributed by atoms with E-state index in [2.05, 4.69) is 6.58 Å². The fourth-order valence-electron chi connectivity index (χ4n) is 1.30. The Bertz CT molecular complexity index is 255. The van der Waals surface area contributed by atoms with Crippen molar-refractivity contribution in [3.8, 4) is 0 Å². The van der Waals surface area contributed by atoms with Crippen LogP contribution in [0.25, 0.3) is 0 Å². The normalized spacial score (nSPS) is 20.0. The first-order chi connectivity index (χ1) is 6.17. The molecule has 1 heterocycles. The molecule has 0 aliphatic carbocycles. The molecule has 0 aromatic carbocycles. The second-order valence-electron chi connectivity index (χ2n) is 2.99. The summed E-state index contributed by atoms with van der Waals surface area (Å²) in [7, 11) is -3.48. The summed E-state index contributed by atoms with van der Waals surface area (Å²) in [4.78, 5) is 0. The molecule has 4 nitrogen and oxygen atoms in total. The van der Waals surface area contributed by atoms with Crippen LogP contribution < -0.4 is 0 Å². The Morgan fingerprint density at radius 3 is 2.46 bits per heavy atom. The Kier molecular flexibility index (Phi) is 3.90. The molecule has 1 rings (SSSR count). The maximum absolute atomic E-state index is 11.4. The zero-order valence-corrected chi connectivity index (χ0v) is 8.42. The molecule has 0 aromatic heterocycles. The molecular weight excluding hydrogens is 190 g/mol. The van der Waals surface area contributed by atoms with Crippen LogP contribution in [0.4, 0.5) is 0 Å². The lowest BCUT2D eigenvalue weighted by Crippen LogP contribution is -2.36. The molecule has 0 spiro atoms. The average molecular weight is 205 g/mol. The number of nitrogens with zero attached hydrogens (tertiary/aromatic N) is 1. The van der Waals surface area contributed by atoms with Gasteiger partial charge in [-0.2, -0.15) is 12.7 Å². The van der Waals surface area contributed by atoms with Gasteiger partial charge in [0.1, 0.15) is 0 Å². The average Bonchev–Trinajstić information content (AvgIpc) is 2.16. The predicted octanol–water partition coefficient (Wildman–Crippen LogP) is 0.920. The molecular formula is C8H15NO3S. The van der Waals surface area contributed by atoms with E-state index in [1.165, 1.54) is 10.4 Å². The third-order valence-electron chi connectivity index (χ3n) is 1.97. The molecule has 13 heavy (non-hydrogen) atoms. The number of hydrogen-bond acceptors (Lipinski definition) is 3. The van der Waals surface area contributed by atoms with Gasteiger partial charge in [-0.25, -0.2) is 0 Å². The summed E-state index contributed by atoms with van der Waals surface area (Å²) in [5.74, 6) is 0. The minimum absolute atomic E-state index is 0.0544. The van der Waals surface area contributed by atoms with E-state index >= 15 is 0 Å². The van der Waals surface area contributed by atoms with Crippen LogP contribution in [0.2, 0.25) is 0 Å². The van der Waals surface area contributed by atoms with Gasteiger partial charge in [-0.05, 0) is 12.8 Å². The number of rotatable bonds is 4. The monoisotopic (exact) mass is 205 g/mol. The molecule has 0 radical (unpaired) electrons. The Labute approximate surface area is 79.4 Å². The SMILES string of the molecule is C=CCOS(=O)(=O)N1CCCCC1. The summed E-state index contributed by atoms with van der Waals surface area (Å²) in [5.41, 5.74) is 0. The first-order valence-electron chi connectivity index (χ1n) is 4.42. The van der Waals surface area contributed by atoms with Crippen molar-refractivity contribution < 1.29 is 12.6 Å². The third kappa shape index (κ3) is 3.10. The highest BCUT2D eigenvalue weighted by atomic mass is 32.2. The molecule has 76 valence electrons. The lowest BCUT2D eigenvalue weighted by Gasteiger charge is -2.24. The van der Waals surface area contributed by atoms with Crippen molar-refractivity contribution >= 4 is 10.3 Å². The van der Waals surface area contributed by atoms with Gasteiger partial charge < -0.3 is 0 Å². The highest BCUT2D eigenvalue weighted by molar-refractivity contribution is 7.84. The highest BCUT2D eigenvalue weighted by Crippen LogP contribution is 2.13. The van der Waals surface area contributed by atoms with E-state index < -0.39 is 10.3 Å². The second kappa shape index (κ2) is 4.74. The van der Waals surface area contributed by atoms with Gasteiger partial charge in [0.2, 0.25) is 0 Å². The standard InChI is InChI=1S/C8H15NO3S/c1-2-8-12-13(10,11)9-6-4-3-5-7-9/h2H,1,3-8H2. The van der Waals surface area contributed by atoms with Crippen molar-refractivity contribution in [3.63, 3.8) is 0 Å². The number of piperidine rings is 1. The van der Waals surface area contributed by atoms with Gasteiger partial charge in [0, 0.05) is 13.1 Å². The summed E-state index contributed by atoms with van der Waals surface area (Å²) < 4.78 is 28.9. The zero-order valence-electron chi connectivity index (χ0n) is 7.61. The Hall–Kier alpha value is -0.390. The van der Waals surface area contributed by atoms with E-state index in [9.17, 15) is 8.42 Å². The van der Waals surface area contributed by atoms with E-state index in [4.69, 9.17) is 4.18 Å². The molecule has 0 saturated carbocycles. The maximum atomic E-state index is 11.4. The van der Waals surface area contributed by atoms with Crippen LogP contribution in [-0.2, 0) is 14.5 Å². The predicted molar refractivity (Wildman–Crippen MR) is 50.5 cm³/mol. The minimum atomic E-state index is -3.48. The smallest absolute Gasteiger partial charge is 0.254 e. The van der Waals surface area contributed by atoms with Crippen LogP contribution in [0.3, 0.4) is 0 Å². The van der Waals surface area contributed by atoms with Crippen LogP contribution in [0.5, 0.6) is 0 Å². The molecule has 0 N–H and O–H groups in total. The first kappa shape index (κ1) is 10.7. The van der Waals surface area contributed by atoms with Crippen LogP contribution in [-0.4, -0.2) is 32.4 Å². The molecule has 0 amide bonds. The summed E-state index contributed by atoms with van der Waals surface area (Å²) in [5, 5.41) is 0. The van der Waals surface area contributed by atoms with Crippen LogP contribution in [0, 0.1) is 0 Å². The summed E-state index contributed by atoms with van der Waals surface area (Å²) in [6.07, 6.45) is 4.39. The molecule has 1 saturated heterocycles. The van der Waals surface area contributed by atoms with Crippen LogP contribution >= 0.6 is 0 Å². The quantitative estimate of drug-likeness (QED) is 0.641. The van der Waals surface area contributed by atoms with Crippen molar-refractivity contribution in [2.24, 2.45) is 0 Å². The highest BCUT2D eigenvalue weighted by Gasteiger charge is 2.23. The van der Waals surface area contributed by atoms with Gasteiger partial charge >= 0.3 is 10.3 Å². The van der Waals surface area contributed by atoms with Gasteiger partial charge in [0.25, 0.3) is 0 Å². The molecule has 0 atom stereocenters. The fourth-order valence-corrected chi connectivity index (χ4v) is 2.42. The lowest BCUT2D eigenvalue weighted by molar-refractivity contribution is 0.267. The Morgan fingerprint density at radius 2 is 1.92 bits per heavy atom. The van der Waals surface area contributed by atoms with Crippen LogP contribution in [0.1, 0.15) is 19.3 Å². The number of hydrogen-bond donors (Lipinski definition) is 0. The van der Waals surface area contributed by atoms with Crippen molar-refractivity contribution in [2.45, 2.75) is 19.3 Å². The molecule has 0 bridgehead atoms. The van der Waals surface area contributed by atoms with Gasteiger partial charge in [0.05, 0.1) is 6.61 Å². The molecule has 1 aliphatic heterocycles. The van der Waals surface area contributed by atoms with Crippen molar-refractivity contribution in [1.82, 2.24) is 4.31 Å². The Balaban J connectivity index is 2.51. The van der Waals surface area contributed by atoms with Gasteiger partial charge in [-0.15, -0.1) is 6.58 Å². The van der Waals surface area contributed by atoms with E-state index in [0.29, 0.717) is 13.1 Å². The zero-order chi connectivity index (χ0) is 9.73. The fraction of sp³-hybridized carbons (Fsp3) is 0.750. The minimum Gasteiger partial charge on any atom is -0.254 e. The first-order valence-corrected chi connectivity index (χ1v) is 5.79. The molecule has 1 fully saturated rings.